The van der Waals surface area contributed by atoms with Gasteiger partial charge < -0.3 is 15.0 Å². The zero-order valence-electron chi connectivity index (χ0n) is 16.7. The summed E-state index contributed by atoms with van der Waals surface area (Å²) in [6, 6.07) is 4.24. The van der Waals surface area contributed by atoms with Crippen molar-refractivity contribution < 1.29 is 13.5 Å². The molecule has 7 nitrogen and oxygen atoms in total. The molecule has 1 N–H and O–H groups in total. The Balaban J connectivity index is 1.46. The van der Waals surface area contributed by atoms with E-state index in [1.807, 2.05) is 30.7 Å². The van der Waals surface area contributed by atoms with Crippen LogP contribution in [0.2, 0.25) is 0 Å². The van der Waals surface area contributed by atoms with Crippen molar-refractivity contribution in [1.82, 2.24) is 19.7 Å². The molecule has 2 atom stereocenters. The topological polar surface area (TPSA) is 68.1 Å². The number of fused-ring (bicyclic) bond motifs is 2. The van der Waals surface area contributed by atoms with E-state index in [1.54, 1.807) is 0 Å². The number of alkyl halides is 2. The van der Waals surface area contributed by atoms with Crippen LogP contribution in [0.4, 0.5) is 20.5 Å². The highest BCUT2D eigenvalue weighted by Gasteiger charge is 2.40. The van der Waals surface area contributed by atoms with Gasteiger partial charge in [-0.25, -0.2) is 13.5 Å². The number of nitrogens with one attached hydrogen (secondary N) is 1. The van der Waals surface area contributed by atoms with Gasteiger partial charge in [-0.3, -0.25) is 0 Å². The first-order valence-electron chi connectivity index (χ1n) is 10.3. The Bertz CT molecular complexity index is 906. The summed E-state index contributed by atoms with van der Waals surface area (Å²) >= 11 is 0. The first-order chi connectivity index (χ1) is 13.9. The van der Waals surface area contributed by atoms with Gasteiger partial charge >= 0.3 is 0 Å². The van der Waals surface area contributed by atoms with E-state index in [2.05, 4.69) is 20.3 Å². The maximum absolute atomic E-state index is 13.5. The fourth-order valence-corrected chi connectivity index (χ4v) is 4.65. The average molecular weight is 404 g/mol. The average Bonchev–Trinajstić information content (AvgIpc) is 3.39. The number of aromatic nitrogens is 4. The standard InChI is InChI=1S/C20H26F2N6O/c1-12-7-13(2)28(26-12)18-9-17(27-10-16-8-15(27)11-29-16)24-19(25-18)23-14-3-5-20(21,22)6-4-14/h7,9,14-16H,3-6,8,10-11H2,1-2H3,(H,23,24,25)/t15-,16-/m0/s1. The normalized spacial score (nSPS) is 26.3. The van der Waals surface area contributed by atoms with Crippen LogP contribution in [-0.2, 0) is 4.74 Å². The van der Waals surface area contributed by atoms with Gasteiger partial charge in [0.1, 0.15) is 5.82 Å². The third-order valence-electron chi connectivity index (χ3n) is 6.17. The molecule has 3 fully saturated rings. The quantitative estimate of drug-likeness (QED) is 0.844. The molecular formula is C20H26F2N6O. The van der Waals surface area contributed by atoms with E-state index in [0.29, 0.717) is 37.3 Å². The molecule has 1 saturated carbocycles. The number of aryl methyl sites for hydroxylation is 2. The Labute approximate surface area is 168 Å². The van der Waals surface area contributed by atoms with Crippen LogP contribution in [0.3, 0.4) is 0 Å². The third-order valence-corrected chi connectivity index (χ3v) is 6.17. The highest BCUT2D eigenvalue weighted by Crippen LogP contribution is 2.35. The molecule has 29 heavy (non-hydrogen) atoms. The molecule has 0 amide bonds. The van der Waals surface area contributed by atoms with Crippen molar-refractivity contribution in [2.24, 2.45) is 0 Å². The number of ether oxygens (including phenoxy) is 1. The largest absolute Gasteiger partial charge is 0.374 e. The van der Waals surface area contributed by atoms with E-state index in [9.17, 15) is 8.78 Å². The van der Waals surface area contributed by atoms with Gasteiger partial charge in [-0.05, 0) is 39.2 Å². The highest BCUT2D eigenvalue weighted by molar-refractivity contribution is 5.52. The summed E-state index contributed by atoms with van der Waals surface area (Å²) in [5, 5.41) is 7.87. The van der Waals surface area contributed by atoms with Gasteiger partial charge in [0.25, 0.3) is 0 Å². The molecule has 3 aliphatic rings. The van der Waals surface area contributed by atoms with Crippen LogP contribution in [0, 0.1) is 13.8 Å². The van der Waals surface area contributed by atoms with Gasteiger partial charge in [0.2, 0.25) is 11.9 Å². The number of hydrogen-bond donors (Lipinski definition) is 1. The zero-order valence-corrected chi connectivity index (χ0v) is 16.7. The van der Waals surface area contributed by atoms with E-state index in [4.69, 9.17) is 9.72 Å². The fraction of sp³-hybridized carbons (Fsp3) is 0.650. The van der Waals surface area contributed by atoms with Crippen LogP contribution < -0.4 is 10.2 Å². The van der Waals surface area contributed by atoms with Crippen LogP contribution >= 0.6 is 0 Å². The fourth-order valence-electron chi connectivity index (χ4n) is 4.65. The molecule has 2 bridgehead atoms. The molecule has 2 aliphatic heterocycles. The van der Waals surface area contributed by atoms with Gasteiger partial charge in [0.15, 0.2) is 5.82 Å². The van der Waals surface area contributed by atoms with E-state index in [1.165, 1.54) is 0 Å². The van der Waals surface area contributed by atoms with Gasteiger partial charge in [0.05, 0.1) is 24.4 Å². The van der Waals surface area contributed by atoms with E-state index >= 15 is 0 Å². The minimum absolute atomic E-state index is 0.0449. The van der Waals surface area contributed by atoms with E-state index in [-0.39, 0.29) is 25.0 Å². The predicted molar refractivity (Wildman–Crippen MR) is 105 cm³/mol. The minimum atomic E-state index is -2.55. The van der Waals surface area contributed by atoms with Crippen molar-refractivity contribution >= 4 is 11.8 Å². The number of hydrogen-bond acceptors (Lipinski definition) is 6. The van der Waals surface area contributed by atoms with Crippen molar-refractivity contribution in [2.45, 2.75) is 70.1 Å². The Morgan fingerprint density at radius 2 is 1.90 bits per heavy atom. The Morgan fingerprint density at radius 3 is 2.52 bits per heavy atom. The molecule has 156 valence electrons. The van der Waals surface area contributed by atoms with Crippen molar-refractivity contribution in [1.29, 1.82) is 0 Å². The molecule has 2 saturated heterocycles. The van der Waals surface area contributed by atoms with Crippen LogP contribution in [0.5, 0.6) is 0 Å². The van der Waals surface area contributed by atoms with Crippen molar-refractivity contribution in [3.8, 4) is 5.82 Å². The number of rotatable bonds is 4. The second-order valence-electron chi connectivity index (χ2n) is 8.52. The zero-order chi connectivity index (χ0) is 20.2. The van der Waals surface area contributed by atoms with E-state index in [0.717, 1.165) is 30.2 Å². The number of nitrogens with zero attached hydrogens (tertiary/aromatic N) is 5. The lowest BCUT2D eigenvalue weighted by Crippen LogP contribution is -2.38. The van der Waals surface area contributed by atoms with Gasteiger partial charge in [-0.2, -0.15) is 15.1 Å². The minimum Gasteiger partial charge on any atom is -0.374 e. The first kappa shape index (κ1) is 18.7. The summed E-state index contributed by atoms with van der Waals surface area (Å²) in [6.45, 7) is 5.46. The van der Waals surface area contributed by atoms with Gasteiger partial charge in [0, 0.05) is 37.2 Å². The monoisotopic (exact) mass is 404 g/mol. The Hall–Kier alpha value is -2.29. The first-order valence-corrected chi connectivity index (χ1v) is 10.3. The third kappa shape index (κ3) is 3.68. The number of halogens is 2. The Kier molecular flexibility index (Phi) is 4.45. The second kappa shape index (κ2) is 6.90. The lowest BCUT2D eigenvalue weighted by atomic mass is 9.92. The molecule has 2 aromatic heterocycles. The lowest BCUT2D eigenvalue weighted by molar-refractivity contribution is -0.0361. The van der Waals surface area contributed by atoms with Crippen LogP contribution in [0.15, 0.2) is 12.1 Å². The molecule has 2 aromatic rings. The summed E-state index contributed by atoms with van der Waals surface area (Å²) in [7, 11) is 0. The highest BCUT2D eigenvalue weighted by atomic mass is 19.3. The molecule has 0 spiro atoms. The van der Waals surface area contributed by atoms with Crippen LogP contribution in [0.25, 0.3) is 5.82 Å². The summed E-state index contributed by atoms with van der Waals surface area (Å²) < 4.78 is 34.6. The molecule has 0 unspecified atom stereocenters. The maximum atomic E-state index is 13.5. The summed E-state index contributed by atoms with van der Waals surface area (Å²) in [6.07, 6.45) is 1.91. The molecule has 1 aliphatic carbocycles. The maximum Gasteiger partial charge on any atom is 0.248 e. The number of anilines is 2. The van der Waals surface area contributed by atoms with Crippen molar-refractivity contribution in [3.05, 3.63) is 23.5 Å². The summed E-state index contributed by atoms with van der Waals surface area (Å²) in [5.41, 5.74) is 1.90. The molecule has 9 heteroatoms. The molecular weight excluding hydrogens is 378 g/mol. The molecule has 5 rings (SSSR count). The van der Waals surface area contributed by atoms with Crippen molar-refractivity contribution in [3.63, 3.8) is 0 Å². The van der Waals surface area contributed by atoms with Crippen LogP contribution in [-0.4, -0.2) is 57.0 Å². The smallest absolute Gasteiger partial charge is 0.248 e. The second-order valence-corrected chi connectivity index (χ2v) is 8.52. The summed E-state index contributed by atoms with van der Waals surface area (Å²) in [5.74, 6) is -0.552. The molecule has 0 radical (unpaired) electrons. The van der Waals surface area contributed by atoms with Gasteiger partial charge in [-0.1, -0.05) is 0 Å². The van der Waals surface area contributed by atoms with E-state index < -0.39 is 5.92 Å². The molecule has 4 heterocycles. The SMILES string of the molecule is Cc1cc(C)n(-c2cc(N3C[C@@H]4C[C@H]3CO4)nc(NC3CCC(F)(F)CC3)n2)n1. The van der Waals surface area contributed by atoms with Gasteiger partial charge in [-0.15, -0.1) is 0 Å². The Morgan fingerprint density at radius 1 is 1.14 bits per heavy atom. The lowest BCUT2D eigenvalue weighted by Gasteiger charge is -2.30. The predicted octanol–water partition coefficient (Wildman–Crippen LogP) is 3.25. The van der Waals surface area contributed by atoms with Crippen molar-refractivity contribution in [2.75, 3.05) is 23.4 Å². The van der Waals surface area contributed by atoms with Crippen LogP contribution in [0.1, 0.15) is 43.5 Å². The molecule has 0 aromatic carbocycles. The number of morpholine rings is 1. The summed E-state index contributed by atoms with van der Waals surface area (Å²) in [4.78, 5) is 11.7.